The summed E-state index contributed by atoms with van der Waals surface area (Å²) in [5.74, 6) is 0.582. The van der Waals surface area contributed by atoms with E-state index in [9.17, 15) is 8.42 Å². The maximum absolute atomic E-state index is 12.3. The van der Waals surface area contributed by atoms with Crippen LogP contribution >= 0.6 is 12.4 Å². The zero-order chi connectivity index (χ0) is 16.0. The predicted molar refractivity (Wildman–Crippen MR) is 96.5 cm³/mol. The second-order valence-electron chi connectivity index (χ2n) is 6.28. The van der Waals surface area contributed by atoms with Crippen LogP contribution in [-0.2, 0) is 16.6 Å². The number of hydrogen-bond donors (Lipinski definition) is 2. The van der Waals surface area contributed by atoms with Crippen molar-refractivity contribution in [3.05, 3.63) is 29.8 Å². The Morgan fingerprint density at radius 3 is 2.52 bits per heavy atom. The van der Waals surface area contributed by atoms with Gasteiger partial charge < -0.3 is 10.2 Å². The van der Waals surface area contributed by atoms with E-state index >= 15 is 0 Å². The number of rotatable bonds is 7. The summed E-state index contributed by atoms with van der Waals surface area (Å²) in [6, 6.07) is 7.12. The molecular weight excluding hydrogens is 334 g/mol. The van der Waals surface area contributed by atoms with Crippen LogP contribution in [-0.4, -0.2) is 47.0 Å². The molecule has 1 aromatic rings. The summed E-state index contributed by atoms with van der Waals surface area (Å²) in [5, 5.41) is 3.35. The normalized spacial score (nSPS) is 18.7. The highest BCUT2D eigenvalue weighted by molar-refractivity contribution is 7.89. The van der Waals surface area contributed by atoms with Gasteiger partial charge in [0.1, 0.15) is 0 Å². The molecule has 0 spiro atoms. The minimum Gasteiger partial charge on any atom is -0.316 e. The van der Waals surface area contributed by atoms with Gasteiger partial charge in [-0.15, -0.1) is 12.4 Å². The molecule has 0 bridgehead atoms. The lowest BCUT2D eigenvalue weighted by Crippen LogP contribution is -2.33. The first kappa shape index (κ1) is 20.4. The Balaban J connectivity index is 0.00000264. The molecule has 0 aliphatic carbocycles. The van der Waals surface area contributed by atoms with E-state index in [1.807, 2.05) is 26.2 Å². The molecule has 1 saturated heterocycles. The summed E-state index contributed by atoms with van der Waals surface area (Å²) in [5.41, 5.74) is 1.11. The van der Waals surface area contributed by atoms with Crippen LogP contribution in [0.5, 0.6) is 0 Å². The molecule has 2 N–H and O–H groups in total. The molecule has 0 saturated carbocycles. The summed E-state index contributed by atoms with van der Waals surface area (Å²) in [6.07, 6.45) is 3.27. The summed E-state index contributed by atoms with van der Waals surface area (Å²) in [6.45, 7) is 3.40. The van der Waals surface area contributed by atoms with Crippen molar-refractivity contribution < 1.29 is 8.42 Å². The quantitative estimate of drug-likeness (QED) is 0.778. The van der Waals surface area contributed by atoms with Crippen molar-refractivity contribution in [1.82, 2.24) is 14.9 Å². The molecule has 5 nitrogen and oxygen atoms in total. The minimum atomic E-state index is -3.39. The molecule has 0 amide bonds. The molecule has 1 aliphatic heterocycles. The number of sulfonamides is 1. The number of benzene rings is 1. The predicted octanol–water partition coefficient (Wildman–Crippen LogP) is 1.84. The smallest absolute Gasteiger partial charge is 0.240 e. The molecule has 0 aromatic heterocycles. The molecule has 1 unspecified atom stereocenters. The van der Waals surface area contributed by atoms with Crippen molar-refractivity contribution in [3.8, 4) is 0 Å². The first-order chi connectivity index (χ1) is 10.5. The lowest BCUT2D eigenvalue weighted by molar-refractivity contribution is 0.358. The van der Waals surface area contributed by atoms with Crippen LogP contribution in [0.3, 0.4) is 0 Å². The fraction of sp³-hybridized carbons (Fsp3) is 0.625. The average Bonchev–Trinajstić information content (AvgIpc) is 2.48. The third-order valence-corrected chi connectivity index (χ3v) is 5.45. The van der Waals surface area contributed by atoms with Gasteiger partial charge in [-0.05, 0) is 70.1 Å². The molecule has 2 rings (SSSR count). The highest BCUT2D eigenvalue weighted by Crippen LogP contribution is 2.15. The van der Waals surface area contributed by atoms with E-state index in [0.29, 0.717) is 17.4 Å². The van der Waals surface area contributed by atoms with E-state index in [-0.39, 0.29) is 12.4 Å². The van der Waals surface area contributed by atoms with Gasteiger partial charge in [0, 0.05) is 13.1 Å². The number of nitrogens with zero attached hydrogens (tertiary/aromatic N) is 1. The average molecular weight is 362 g/mol. The maximum Gasteiger partial charge on any atom is 0.240 e. The first-order valence-electron chi connectivity index (χ1n) is 7.91. The van der Waals surface area contributed by atoms with E-state index in [2.05, 4.69) is 14.9 Å². The van der Waals surface area contributed by atoms with Crippen LogP contribution in [0.4, 0.5) is 0 Å². The van der Waals surface area contributed by atoms with Crippen LogP contribution in [0.15, 0.2) is 29.2 Å². The zero-order valence-electron chi connectivity index (χ0n) is 13.9. The second kappa shape index (κ2) is 9.59. The molecule has 1 heterocycles. The SMILES string of the molecule is CN(C)Cc1ccc(S(=O)(=O)NCCC2CCCNC2)cc1.Cl. The Bertz CT molecular complexity index is 555. The van der Waals surface area contributed by atoms with E-state index < -0.39 is 10.0 Å². The van der Waals surface area contributed by atoms with Crippen LogP contribution < -0.4 is 10.0 Å². The van der Waals surface area contributed by atoms with E-state index in [1.54, 1.807) is 12.1 Å². The van der Waals surface area contributed by atoms with Crippen LogP contribution in [0.25, 0.3) is 0 Å². The Morgan fingerprint density at radius 1 is 1.26 bits per heavy atom. The standard InChI is InChI=1S/C16H27N3O2S.ClH/c1-19(2)13-15-5-7-16(8-6-15)22(20,21)18-11-9-14-4-3-10-17-12-14;/h5-8,14,17-18H,3-4,9-13H2,1-2H3;1H. The van der Waals surface area contributed by atoms with Gasteiger partial charge >= 0.3 is 0 Å². The van der Waals surface area contributed by atoms with Gasteiger partial charge in [0.15, 0.2) is 0 Å². The van der Waals surface area contributed by atoms with E-state index in [0.717, 1.165) is 31.6 Å². The molecule has 132 valence electrons. The Labute approximate surface area is 146 Å². The topological polar surface area (TPSA) is 61.4 Å². The molecule has 23 heavy (non-hydrogen) atoms. The van der Waals surface area contributed by atoms with Crippen molar-refractivity contribution in [2.45, 2.75) is 30.7 Å². The molecule has 1 fully saturated rings. The Morgan fingerprint density at radius 2 is 1.96 bits per heavy atom. The van der Waals surface area contributed by atoms with Crippen molar-refractivity contribution in [2.24, 2.45) is 5.92 Å². The van der Waals surface area contributed by atoms with Gasteiger partial charge in [-0.2, -0.15) is 0 Å². The fourth-order valence-electron chi connectivity index (χ4n) is 2.79. The van der Waals surface area contributed by atoms with Gasteiger partial charge in [0.25, 0.3) is 0 Å². The first-order valence-corrected chi connectivity index (χ1v) is 9.40. The third kappa shape index (κ3) is 6.77. The zero-order valence-corrected chi connectivity index (χ0v) is 15.5. The molecule has 1 aromatic carbocycles. The number of hydrogen-bond acceptors (Lipinski definition) is 4. The fourth-order valence-corrected chi connectivity index (χ4v) is 3.84. The Hall–Kier alpha value is -0.660. The van der Waals surface area contributed by atoms with Crippen molar-refractivity contribution in [1.29, 1.82) is 0 Å². The second-order valence-corrected chi connectivity index (χ2v) is 8.05. The summed E-state index contributed by atoms with van der Waals surface area (Å²) < 4.78 is 27.3. The lowest BCUT2D eigenvalue weighted by atomic mass is 9.96. The summed E-state index contributed by atoms with van der Waals surface area (Å²) in [7, 11) is 0.594. The van der Waals surface area contributed by atoms with Crippen LogP contribution in [0.2, 0.25) is 0 Å². The highest BCUT2D eigenvalue weighted by atomic mass is 35.5. The van der Waals surface area contributed by atoms with Crippen molar-refractivity contribution in [2.75, 3.05) is 33.7 Å². The van der Waals surface area contributed by atoms with Gasteiger partial charge in [-0.25, -0.2) is 13.1 Å². The highest BCUT2D eigenvalue weighted by Gasteiger charge is 2.16. The van der Waals surface area contributed by atoms with Crippen molar-refractivity contribution >= 4 is 22.4 Å². The third-order valence-electron chi connectivity index (χ3n) is 3.98. The molecule has 7 heteroatoms. The van der Waals surface area contributed by atoms with E-state index in [1.165, 1.54) is 12.8 Å². The molecule has 1 atom stereocenters. The monoisotopic (exact) mass is 361 g/mol. The van der Waals surface area contributed by atoms with Crippen LogP contribution in [0, 0.1) is 5.92 Å². The van der Waals surface area contributed by atoms with E-state index in [4.69, 9.17) is 0 Å². The Kier molecular flexibility index (Phi) is 8.50. The summed E-state index contributed by atoms with van der Waals surface area (Å²) >= 11 is 0. The molecule has 0 radical (unpaired) electrons. The number of nitrogens with one attached hydrogen (secondary N) is 2. The lowest BCUT2D eigenvalue weighted by Gasteiger charge is -2.22. The maximum atomic E-state index is 12.3. The van der Waals surface area contributed by atoms with Gasteiger partial charge in [-0.3, -0.25) is 0 Å². The summed E-state index contributed by atoms with van der Waals surface area (Å²) in [4.78, 5) is 2.40. The van der Waals surface area contributed by atoms with Crippen molar-refractivity contribution in [3.63, 3.8) is 0 Å². The number of halogens is 1. The molecule has 1 aliphatic rings. The largest absolute Gasteiger partial charge is 0.316 e. The minimum absolute atomic E-state index is 0. The van der Waals surface area contributed by atoms with Gasteiger partial charge in [0.05, 0.1) is 4.90 Å². The van der Waals surface area contributed by atoms with Gasteiger partial charge in [-0.1, -0.05) is 12.1 Å². The molecular formula is C16H28ClN3O2S. The van der Waals surface area contributed by atoms with Crippen LogP contribution in [0.1, 0.15) is 24.8 Å². The van der Waals surface area contributed by atoms with Gasteiger partial charge in [0.2, 0.25) is 10.0 Å². The number of piperidine rings is 1.